The van der Waals surface area contributed by atoms with E-state index in [1.54, 1.807) is 0 Å². The van der Waals surface area contributed by atoms with Gasteiger partial charge in [-0.3, -0.25) is 9.78 Å². The maximum absolute atomic E-state index is 13.0. The average Bonchev–Trinajstić information content (AvgIpc) is 2.45. The molecule has 2 unspecified atom stereocenters. The molecule has 120 valence electrons. The van der Waals surface area contributed by atoms with Crippen molar-refractivity contribution in [1.29, 1.82) is 0 Å². The fourth-order valence-electron chi connectivity index (χ4n) is 3.88. The van der Waals surface area contributed by atoms with E-state index in [0.717, 1.165) is 25.5 Å². The van der Waals surface area contributed by atoms with Crippen LogP contribution >= 0.6 is 0 Å². The van der Waals surface area contributed by atoms with E-state index in [4.69, 9.17) is 0 Å². The molecule has 6 heteroatoms. The predicted octanol–water partition coefficient (Wildman–Crippen LogP) is 3.55. The van der Waals surface area contributed by atoms with Crippen molar-refractivity contribution in [3.05, 3.63) is 29.6 Å². The molecule has 0 amide bonds. The summed E-state index contributed by atoms with van der Waals surface area (Å²) in [7, 11) is 2.06. The van der Waals surface area contributed by atoms with Crippen LogP contribution in [-0.4, -0.2) is 34.8 Å². The Bertz CT molecular complexity index is 559. The van der Waals surface area contributed by atoms with Crippen LogP contribution in [0, 0.1) is 5.92 Å². The summed E-state index contributed by atoms with van der Waals surface area (Å²) in [6, 6.07) is 3.28. The van der Waals surface area contributed by atoms with Gasteiger partial charge in [0.25, 0.3) is 0 Å². The maximum Gasteiger partial charge on any atom is 0.434 e. The van der Waals surface area contributed by atoms with Crippen LogP contribution in [0.5, 0.6) is 0 Å². The third-order valence-electron chi connectivity index (χ3n) is 5.05. The van der Waals surface area contributed by atoms with E-state index >= 15 is 0 Å². The van der Waals surface area contributed by atoms with Gasteiger partial charge in [0, 0.05) is 29.8 Å². The Balaban J connectivity index is 1.86. The third kappa shape index (κ3) is 2.76. The van der Waals surface area contributed by atoms with Crippen molar-refractivity contribution in [3.8, 4) is 0 Å². The van der Waals surface area contributed by atoms with Crippen LogP contribution in [0.15, 0.2) is 18.3 Å². The van der Waals surface area contributed by atoms with Gasteiger partial charge in [-0.15, -0.1) is 0 Å². The summed E-state index contributed by atoms with van der Waals surface area (Å²) in [5.41, 5.74) is -1.33. The molecule has 3 nitrogen and oxygen atoms in total. The smallest absolute Gasteiger partial charge is 0.300 e. The van der Waals surface area contributed by atoms with Gasteiger partial charge in [0.2, 0.25) is 0 Å². The minimum atomic E-state index is -4.59. The van der Waals surface area contributed by atoms with E-state index in [-0.39, 0.29) is 11.5 Å². The molecule has 0 aliphatic carbocycles. The number of ketones is 1. The normalized spacial score (nSPS) is 29.4. The average molecular weight is 312 g/mol. The van der Waals surface area contributed by atoms with Crippen molar-refractivity contribution in [2.24, 2.45) is 5.92 Å². The zero-order chi connectivity index (χ0) is 15.9. The summed E-state index contributed by atoms with van der Waals surface area (Å²) < 4.78 is 39.1. The summed E-state index contributed by atoms with van der Waals surface area (Å²) in [5.74, 6) is -0.720. The number of piperidine rings is 2. The Kier molecular flexibility index (Phi) is 3.97. The standard InChI is InChI=1S/C16H19F3N2O/c1-21-11-4-2-5-12(21)9-10(8-11)14(22)13-6-3-7-20-15(13)16(17,18)19/h3,6-7,10-12H,2,4-5,8-9H2,1H3. The van der Waals surface area contributed by atoms with Gasteiger partial charge in [0.15, 0.2) is 11.5 Å². The molecule has 0 aromatic carbocycles. The van der Waals surface area contributed by atoms with E-state index < -0.39 is 17.7 Å². The lowest BCUT2D eigenvalue weighted by molar-refractivity contribution is -0.141. The number of carbonyl (C=O) groups is 1. The van der Waals surface area contributed by atoms with Gasteiger partial charge in [-0.25, -0.2) is 0 Å². The highest BCUT2D eigenvalue weighted by molar-refractivity contribution is 5.99. The second kappa shape index (κ2) is 5.65. The van der Waals surface area contributed by atoms with Gasteiger partial charge in [0.05, 0.1) is 0 Å². The molecule has 3 heterocycles. The Morgan fingerprint density at radius 1 is 1.27 bits per heavy atom. The number of halogens is 3. The fraction of sp³-hybridized carbons (Fsp3) is 0.625. The number of fused-ring (bicyclic) bond motifs is 2. The number of aromatic nitrogens is 1. The van der Waals surface area contributed by atoms with Crippen LogP contribution < -0.4 is 0 Å². The van der Waals surface area contributed by atoms with Crippen LogP contribution in [0.25, 0.3) is 0 Å². The third-order valence-corrected chi connectivity index (χ3v) is 5.05. The number of rotatable bonds is 2. The largest absolute Gasteiger partial charge is 0.434 e. The topological polar surface area (TPSA) is 33.2 Å². The highest BCUT2D eigenvalue weighted by Crippen LogP contribution is 2.38. The molecule has 2 aliphatic rings. The number of carbonyl (C=O) groups excluding carboxylic acids is 1. The minimum absolute atomic E-state index is 0.275. The summed E-state index contributed by atoms with van der Waals surface area (Å²) in [5, 5.41) is 0. The van der Waals surface area contributed by atoms with E-state index in [1.807, 2.05) is 0 Å². The van der Waals surface area contributed by atoms with Crippen molar-refractivity contribution in [2.75, 3.05) is 7.05 Å². The maximum atomic E-state index is 13.0. The van der Waals surface area contributed by atoms with Crippen molar-refractivity contribution < 1.29 is 18.0 Å². The zero-order valence-electron chi connectivity index (χ0n) is 12.4. The minimum Gasteiger partial charge on any atom is -0.300 e. The van der Waals surface area contributed by atoms with Crippen molar-refractivity contribution in [2.45, 2.75) is 50.4 Å². The molecule has 2 aliphatic heterocycles. The first kappa shape index (κ1) is 15.5. The molecular formula is C16H19F3N2O. The summed E-state index contributed by atoms with van der Waals surface area (Å²) in [4.78, 5) is 18.3. The first-order chi connectivity index (χ1) is 10.4. The molecule has 0 saturated carbocycles. The molecule has 1 aromatic rings. The lowest BCUT2D eigenvalue weighted by atomic mass is 9.76. The quantitative estimate of drug-likeness (QED) is 0.783. The molecule has 0 N–H and O–H groups in total. The fourth-order valence-corrected chi connectivity index (χ4v) is 3.88. The molecule has 0 radical (unpaired) electrons. The number of hydrogen-bond donors (Lipinski definition) is 0. The van der Waals surface area contributed by atoms with Crippen LogP contribution in [0.1, 0.15) is 48.2 Å². The summed E-state index contributed by atoms with van der Waals surface area (Å²) in [6.07, 6.45) is 0.986. The van der Waals surface area contributed by atoms with E-state index in [0.29, 0.717) is 24.9 Å². The second-order valence-corrected chi connectivity index (χ2v) is 6.33. The van der Waals surface area contributed by atoms with E-state index in [2.05, 4.69) is 16.9 Å². The van der Waals surface area contributed by atoms with Gasteiger partial charge >= 0.3 is 6.18 Å². The molecule has 2 bridgehead atoms. The molecule has 0 spiro atoms. The molecule has 22 heavy (non-hydrogen) atoms. The Morgan fingerprint density at radius 2 is 1.91 bits per heavy atom. The lowest BCUT2D eigenvalue weighted by Crippen LogP contribution is -2.51. The van der Waals surface area contributed by atoms with Crippen LogP contribution in [0.3, 0.4) is 0 Å². The van der Waals surface area contributed by atoms with Crippen molar-refractivity contribution >= 4 is 5.78 Å². The second-order valence-electron chi connectivity index (χ2n) is 6.33. The molecule has 1 aromatic heterocycles. The Labute approximate surface area is 127 Å². The zero-order valence-corrected chi connectivity index (χ0v) is 12.4. The highest BCUT2D eigenvalue weighted by Gasteiger charge is 2.42. The molecular weight excluding hydrogens is 293 g/mol. The molecule has 3 rings (SSSR count). The lowest BCUT2D eigenvalue weighted by Gasteiger charge is -2.46. The molecule has 2 saturated heterocycles. The number of pyridine rings is 1. The van der Waals surface area contributed by atoms with Crippen LogP contribution in [0.2, 0.25) is 0 Å². The van der Waals surface area contributed by atoms with Gasteiger partial charge in [-0.2, -0.15) is 13.2 Å². The molecule has 2 fully saturated rings. The van der Waals surface area contributed by atoms with Gasteiger partial charge in [-0.1, -0.05) is 6.42 Å². The van der Waals surface area contributed by atoms with Gasteiger partial charge in [-0.05, 0) is 44.9 Å². The predicted molar refractivity (Wildman–Crippen MR) is 75.5 cm³/mol. The Hall–Kier alpha value is -1.43. The summed E-state index contributed by atoms with van der Waals surface area (Å²) >= 11 is 0. The van der Waals surface area contributed by atoms with E-state index in [1.165, 1.54) is 12.1 Å². The first-order valence-electron chi connectivity index (χ1n) is 7.66. The SMILES string of the molecule is CN1C2CCCC1CC(C(=O)c1cccnc1C(F)(F)F)C2. The van der Waals surface area contributed by atoms with Gasteiger partial charge < -0.3 is 4.90 Å². The van der Waals surface area contributed by atoms with E-state index in [9.17, 15) is 18.0 Å². The van der Waals surface area contributed by atoms with Gasteiger partial charge in [0.1, 0.15) is 0 Å². The highest BCUT2D eigenvalue weighted by atomic mass is 19.4. The Morgan fingerprint density at radius 3 is 2.50 bits per heavy atom. The van der Waals surface area contributed by atoms with Crippen molar-refractivity contribution in [3.63, 3.8) is 0 Å². The van der Waals surface area contributed by atoms with Crippen molar-refractivity contribution in [1.82, 2.24) is 9.88 Å². The number of alkyl halides is 3. The van der Waals surface area contributed by atoms with Crippen LogP contribution in [0.4, 0.5) is 13.2 Å². The first-order valence-corrected chi connectivity index (χ1v) is 7.66. The number of Topliss-reactive ketones (excluding diaryl/α,β-unsaturated/α-hetero) is 1. The summed E-state index contributed by atoms with van der Waals surface area (Å²) in [6.45, 7) is 0. The number of nitrogens with zero attached hydrogens (tertiary/aromatic N) is 2. The monoisotopic (exact) mass is 312 g/mol. The number of hydrogen-bond acceptors (Lipinski definition) is 3. The molecule has 2 atom stereocenters. The van der Waals surface area contributed by atoms with Crippen LogP contribution in [-0.2, 0) is 6.18 Å².